The molecule has 0 aliphatic carbocycles. The van der Waals surface area contributed by atoms with Gasteiger partial charge in [0.1, 0.15) is 6.04 Å². The van der Waals surface area contributed by atoms with Crippen molar-refractivity contribution in [1.29, 1.82) is 0 Å². The van der Waals surface area contributed by atoms with Gasteiger partial charge in [0.25, 0.3) is 11.8 Å². The summed E-state index contributed by atoms with van der Waals surface area (Å²) in [6.45, 7) is 1.85. The first-order chi connectivity index (χ1) is 18.0. The number of hydrogen-bond acceptors (Lipinski definition) is 7. The summed E-state index contributed by atoms with van der Waals surface area (Å²) in [7, 11) is 0. The first kappa shape index (κ1) is 22.9. The predicted octanol–water partition coefficient (Wildman–Crippen LogP) is 1.04. The number of carbonyl (C=O) groups excluding carboxylic acids is 4. The third-order valence-corrected chi connectivity index (χ3v) is 7.14. The van der Waals surface area contributed by atoms with Gasteiger partial charge in [0.2, 0.25) is 11.8 Å². The maximum absolute atomic E-state index is 12.9. The molecule has 2 atom stereocenters. The SMILES string of the molecule is O=C1CCC(N2Cc3cc(-n4cc(C(=O)NC5CCN(c6ccccc6)C5)nn4)ccc3C2=O)C(=O)N1. The average Bonchev–Trinajstić information content (AvgIpc) is 3.64. The van der Waals surface area contributed by atoms with E-state index in [1.54, 1.807) is 18.3 Å². The highest BCUT2D eigenvalue weighted by Gasteiger charge is 2.39. The van der Waals surface area contributed by atoms with Gasteiger partial charge in [0, 0.05) is 43.3 Å². The van der Waals surface area contributed by atoms with Crippen LogP contribution in [-0.4, -0.2) is 68.7 Å². The molecule has 0 spiro atoms. The third kappa shape index (κ3) is 4.32. The standard InChI is InChI=1S/C26H25N7O4/c34-23-9-8-22(25(36)28-23)32-13-16-12-19(6-7-20(16)26(32)37)33-15-21(29-30-33)24(35)27-17-10-11-31(14-17)18-4-2-1-3-5-18/h1-7,12,15,17,22H,8-11,13-14H2,(H,27,35)(H,28,34,36). The van der Waals surface area contributed by atoms with Crippen molar-refractivity contribution in [3.05, 3.63) is 71.5 Å². The van der Waals surface area contributed by atoms with Crippen molar-refractivity contribution in [3.63, 3.8) is 0 Å². The summed E-state index contributed by atoms with van der Waals surface area (Å²) in [5.74, 6) is -1.29. The highest BCUT2D eigenvalue weighted by Crippen LogP contribution is 2.29. The minimum atomic E-state index is -0.670. The molecule has 37 heavy (non-hydrogen) atoms. The molecule has 0 radical (unpaired) electrons. The molecule has 4 heterocycles. The summed E-state index contributed by atoms with van der Waals surface area (Å²) in [5.41, 5.74) is 3.26. The van der Waals surface area contributed by atoms with E-state index in [1.165, 1.54) is 9.58 Å². The number of fused-ring (bicyclic) bond motifs is 1. The van der Waals surface area contributed by atoms with Gasteiger partial charge in [-0.15, -0.1) is 5.10 Å². The van der Waals surface area contributed by atoms with E-state index >= 15 is 0 Å². The molecule has 0 saturated carbocycles. The second kappa shape index (κ2) is 9.16. The van der Waals surface area contributed by atoms with Gasteiger partial charge in [-0.1, -0.05) is 23.4 Å². The Morgan fingerprint density at radius 2 is 1.86 bits per heavy atom. The molecule has 11 heteroatoms. The van der Waals surface area contributed by atoms with E-state index in [-0.39, 0.29) is 42.4 Å². The Kier molecular flexibility index (Phi) is 5.67. The van der Waals surface area contributed by atoms with Crippen molar-refractivity contribution in [3.8, 4) is 5.69 Å². The zero-order valence-corrected chi connectivity index (χ0v) is 20.0. The Balaban J connectivity index is 1.12. The van der Waals surface area contributed by atoms with E-state index in [0.29, 0.717) is 17.7 Å². The molecule has 6 rings (SSSR count). The fourth-order valence-corrected chi connectivity index (χ4v) is 5.21. The Labute approximate surface area is 212 Å². The molecule has 3 aliphatic heterocycles. The van der Waals surface area contributed by atoms with Gasteiger partial charge in [-0.2, -0.15) is 0 Å². The molecule has 4 amide bonds. The largest absolute Gasteiger partial charge is 0.369 e. The molecule has 2 N–H and O–H groups in total. The molecule has 3 aromatic rings. The number of carbonyl (C=O) groups is 4. The molecule has 188 valence electrons. The van der Waals surface area contributed by atoms with Crippen LogP contribution in [0.25, 0.3) is 5.69 Å². The lowest BCUT2D eigenvalue weighted by molar-refractivity contribution is -0.136. The van der Waals surface area contributed by atoms with Crippen LogP contribution >= 0.6 is 0 Å². The minimum absolute atomic E-state index is 0.0159. The van der Waals surface area contributed by atoms with Crippen molar-refractivity contribution in [2.45, 2.75) is 37.9 Å². The van der Waals surface area contributed by atoms with E-state index < -0.39 is 11.9 Å². The lowest BCUT2D eigenvalue weighted by Crippen LogP contribution is -2.52. The summed E-state index contributed by atoms with van der Waals surface area (Å²) in [4.78, 5) is 53.2. The van der Waals surface area contributed by atoms with Crippen LogP contribution in [0.2, 0.25) is 0 Å². The van der Waals surface area contributed by atoms with Crippen molar-refractivity contribution in [2.75, 3.05) is 18.0 Å². The van der Waals surface area contributed by atoms with Crippen LogP contribution in [0.15, 0.2) is 54.7 Å². The molecule has 3 aliphatic rings. The van der Waals surface area contributed by atoms with Gasteiger partial charge < -0.3 is 15.1 Å². The van der Waals surface area contributed by atoms with Crippen LogP contribution in [0, 0.1) is 0 Å². The second-order valence-corrected chi connectivity index (χ2v) is 9.53. The maximum atomic E-state index is 12.9. The lowest BCUT2D eigenvalue weighted by atomic mass is 10.0. The van der Waals surface area contributed by atoms with E-state index in [9.17, 15) is 19.2 Å². The molecule has 2 fully saturated rings. The van der Waals surface area contributed by atoms with Gasteiger partial charge in [0.05, 0.1) is 11.9 Å². The van der Waals surface area contributed by atoms with E-state index in [2.05, 4.69) is 38.0 Å². The Morgan fingerprint density at radius 3 is 2.68 bits per heavy atom. The van der Waals surface area contributed by atoms with Gasteiger partial charge in [0.15, 0.2) is 5.69 Å². The Bertz CT molecular complexity index is 1400. The summed E-state index contributed by atoms with van der Waals surface area (Å²) >= 11 is 0. The topological polar surface area (TPSA) is 130 Å². The third-order valence-electron chi connectivity index (χ3n) is 7.14. The minimum Gasteiger partial charge on any atom is -0.369 e. The number of benzene rings is 2. The maximum Gasteiger partial charge on any atom is 0.273 e. The van der Waals surface area contributed by atoms with Crippen molar-refractivity contribution < 1.29 is 19.2 Å². The zero-order chi connectivity index (χ0) is 25.5. The van der Waals surface area contributed by atoms with Gasteiger partial charge in [-0.25, -0.2) is 4.68 Å². The van der Waals surface area contributed by atoms with Gasteiger partial charge >= 0.3 is 0 Å². The first-order valence-corrected chi connectivity index (χ1v) is 12.3. The molecule has 2 unspecified atom stereocenters. The molecule has 11 nitrogen and oxygen atoms in total. The van der Waals surface area contributed by atoms with E-state index in [1.807, 2.05) is 24.3 Å². The Hall–Kier alpha value is -4.54. The number of amides is 4. The number of nitrogens with zero attached hydrogens (tertiary/aromatic N) is 5. The van der Waals surface area contributed by atoms with Crippen molar-refractivity contribution in [1.82, 2.24) is 30.5 Å². The predicted molar refractivity (Wildman–Crippen MR) is 132 cm³/mol. The van der Waals surface area contributed by atoms with Crippen LogP contribution in [0.5, 0.6) is 0 Å². The number of anilines is 1. The summed E-state index contributed by atoms with van der Waals surface area (Å²) in [5, 5.41) is 13.5. The zero-order valence-electron chi connectivity index (χ0n) is 20.0. The number of piperidine rings is 1. The number of aromatic nitrogens is 3. The summed E-state index contributed by atoms with van der Waals surface area (Å²) < 4.78 is 1.50. The van der Waals surface area contributed by atoms with E-state index in [4.69, 9.17) is 0 Å². The normalized spacial score (nSPS) is 21.2. The fourth-order valence-electron chi connectivity index (χ4n) is 5.21. The van der Waals surface area contributed by atoms with E-state index in [0.717, 1.165) is 30.8 Å². The number of hydrogen-bond donors (Lipinski definition) is 2. The lowest BCUT2D eigenvalue weighted by Gasteiger charge is -2.29. The average molecular weight is 500 g/mol. The fraction of sp³-hybridized carbons (Fsp3) is 0.308. The second-order valence-electron chi connectivity index (χ2n) is 9.53. The van der Waals surface area contributed by atoms with Gasteiger partial charge in [-0.05, 0) is 48.7 Å². The number of rotatable bonds is 5. The molecule has 2 saturated heterocycles. The van der Waals surface area contributed by atoms with Crippen LogP contribution in [0.1, 0.15) is 45.7 Å². The first-order valence-electron chi connectivity index (χ1n) is 12.3. The number of imide groups is 1. The monoisotopic (exact) mass is 499 g/mol. The van der Waals surface area contributed by atoms with Crippen LogP contribution in [0.3, 0.4) is 0 Å². The molecule has 2 aromatic carbocycles. The van der Waals surface area contributed by atoms with Gasteiger partial charge in [-0.3, -0.25) is 24.5 Å². The van der Waals surface area contributed by atoms with Crippen molar-refractivity contribution in [2.24, 2.45) is 0 Å². The smallest absolute Gasteiger partial charge is 0.273 e. The highest BCUT2D eigenvalue weighted by atomic mass is 16.2. The summed E-state index contributed by atoms with van der Waals surface area (Å²) in [6, 6.07) is 14.7. The van der Waals surface area contributed by atoms with Crippen LogP contribution in [0.4, 0.5) is 5.69 Å². The highest BCUT2D eigenvalue weighted by molar-refractivity contribution is 6.05. The number of nitrogens with one attached hydrogen (secondary N) is 2. The van der Waals surface area contributed by atoms with Crippen molar-refractivity contribution >= 4 is 29.3 Å². The number of para-hydroxylation sites is 1. The van der Waals surface area contributed by atoms with Crippen LogP contribution < -0.4 is 15.5 Å². The van der Waals surface area contributed by atoms with Crippen LogP contribution in [-0.2, 0) is 16.1 Å². The quantitative estimate of drug-likeness (QED) is 0.502. The Morgan fingerprint density at radius 1 is 1.03 bits per heavy atom. The molecular formula is C26H25N7O4. The molecular weight excluding hydrogens is 474 g/mol. The molecule has 0 bridgehead atoms. The molecule has 1 aromatic heterocycles. The summed E-state index contributed by atoms with van der Waals surface area (Å²) in [6.07, 6.45) is 2.92.